The first-order valence-electron chi connectivity index (χ1n) is 7.75. The number of sulfonamides is 1. The van der Waals surface area contributed by atoms with Gasteiger partial charge in [-0.3, -0.25) is 4.98 Å². The number of aromatic nitrogens is 3. The van der Waals surface area contributed by atoms with Gasteiger partial charge in [-0.25, -0.2) is 17.7 Å². The molecule has 0 amide bonds. The number of hydrogen-bond acceptors (Lipinski definition) is 7. The Hall–Kier alpha value is -2.49. The van der Waals surface area contributed by atoms with Crippen LogP contribution in [0.1, 0.15) is 0 Å². The zero-order chi connectivity index (χ0) is 19.8. The van der Waals surface area contributed by atoms with Crippen molar-refractivity contribution in [2.45, 2.75) is 4.90 Å². The molecule has 10 heteroatoms. The van der Waals surface area contributed by atoms with Crippen LogP contribution in [-0.4, -0.2) is 56.0 Å². The number of ether oxygens (including phenoxy) is 2. The highest BCUT2D eigenvalue weighted by Crippen LogP contribution is 2.34. The second-order valence-electron chi connectivity index (χ2n) is 5.74. The lowest BCUT2D eigenvalue weighted by molar-refractivity contribution is 0.353. The molecule has 3 aromatic rings. The second-order valence-corrected chi connectivity index (χ2v) is 8.23. The van der Waals surface area contributed by atoms with E-state index in [2.05, 4.69) is 15.0 Å². The molecule has 0 N–H and O–H groups in total. The molecular formula is C17H17ClN4O4S. The van der Waals surface area contributed by atoms with E-state index >= 15 is 0 Å². The molecule has 27 heavy (non-hydrogen) atoms. The molecule has 0 unspecified atom stereocenters. The Labute approximate surface area is 161 Å². The fourth-order valence-corrected chi connectivity index (χ4v) is 3.91. The van der Waals surface area contributed by atoms with Crippen molar-refractivity contribution < 1.29 is 17.9 Å². The van der Waals surface area contributed by atoms with Gasteiger partial charge in [0.15, 0.2) is 0 Å². The number of rotatable bonds is 5. The molecule has 2 aromatic heterocycles. The number of nitrogens with zero attached hydrogens (tertiary/aromatic N) is 4. The SMILES string of the molecule is COc1ncc(-c2ccc3c(Cl)c(S(=O)(=O)N(C)C)cnc3c2)c(OC)n1. The fraction of sp³-hybridized carbons (Fsp3) is 0.235. The Morgan fingerprint density at radius 3 is 2.44 bits per heavy atom. The lowest BCUT2D eigenvalue weighted by Crippen LogP contribution is -2.22. The molecule has 2 heterocycles. The van der Waals surface area contributed by atoms with Gasteiger partial charge in [0.1, 0.15) is 4.90 Å². The van der Waals surface area contributed by atoms with E-state index in [9.17, 15) is 8.42 Å². The van der Waals surface area contributed by atoms with E-state index < -0.39 is 10.0 Å². The standard InChI is InChI=1S/C17H17ClN4O4S/c1-22(2)27(23,24)14-9-19-13-7-10(5-6-11(13)15(14)18)12-8-20-17(26-4)21-16(12)25-3/h5-9H,1-4H3. The molecule has 0 aliphatic rings. The van der Waals surface area contributed by atoms with E-state index in [1.165, 1.54) is 34.5 Å². The number of benzene rings is 1. The summed E-state index contributed by atoms with van der Waals surface area (Å²) in [4.78, 5) is 12.5. The van der Waals surface area contributed by atoms with Crippen molar-refractivity contribution in [3.63, 3.8) is 0 Å². The van der Waals surface area contributed by atoms with E-state index in [1.54, 1.807) is 24.4 Å². The van der Waals surface area contributed by atoms with E-state index in [1.807, 2.05) is 0 Å². The van der Waals surface area contributed by atoms with Crippen molar-refractivity contribution in [2.24, 2.45) is 0 Å². The van der Waals surface area contributed by atoms with Gasteiger partial charge >= 0.3 is 6.01 Å². The Balaban J connectivity index is 2.16. The Bertz CT molecular complexity index is 1120. The second kappa shape index (κ2) is 7.26. The molecular weight excluding hydrogens is 392 g/mol. The van der Waals surface area contributed by atoms with Crippen LogP contribution in [0.4, 0.5) is 0 Å². The van der Waals surface area contributed by atoms with Crippen LogP contribution >= 0.6 is 11.6 Å². The molecule has 0 saturated heterocycles. The molecule has 0 radical (unpaired) electrons. The number of methoxy groups -OCH3 is 2. The topological polar surface area (TPSA) is 94.5 Å². The van der Waals surface area contributed by atoms with Crippen LogP contribution < -0.4 is 9.47 Å². The van der Waals surface area contributed by atoms with E-state index in [-0.39, 0.29) is 15.9 Å². The van der Waals surface area contributed by atoms with Gasteiger partial charge in [0.05, 0.1) is 30.3 Å². The lowest BCUT2D eigenvalue weighted by atomic mass is 10.1. The van der Waals surface area contributed by atoms with Crippen LogP contribution in [0.25, 0.3) is 22.0 Å². The third-order valence-electron chi connectivity index (χ3n) is 3.95. The predicted molar refractivity (Wildman–Crippen MR) is 102 cm³/mol. The van der Waals surface area contributed by atoms with Gasteiger partial charge in [-0.15, -0.1) is 0 Å². The maximum Gasteiger partial charge on any atom is 0.319 e. The van der Waals surface area contributed by atoms with Crippen LogP contribution in [0.2, 0.25) is 5.02 Å². The van der Waals surface area contributed by atoms with E-state index in [0.717, 1.165) is 9.87 Å². The van der Waals surface area contributed by atoms with Crippen LogP contribution in [0.3, 0.4) is 0 Å². The van der Waals surface area contributed by atoms with Crippen LogP contribution in [-0.2, 0) is 10.0 Å². The predicted octanol–water partition coefficient (Wildman–Crippen LogP) is 2.61. The molecule has 0 aliphatic heterocycles. The summed E-state index contributed by atoms with van der Waals surface area (Å²) in [7, 11) is 2.15. The van der Waals surface area contributed by atoms with Crippen molar-refractivity contribution in [2.75, 3.05) is 28.3 Å². The first-order chi connectivity index (χ1) is 12.8. The highest BCUT2D eigenvalue weighted by atomic mass is 35.5. The first kappa shape index (κ1) is 19.3. The summed E-state index contributed by atoms with van der Waals surface area (Å²) in [5.74, 6) is 0.346. The maximum atomic E-state index is 12.4. The number of fused-ring (bicyclic) bond motifs is 1. The largest absolute Gasteiger partial charge is 0.480 e. The van der Waals surface area contributed by atoms with Gasteiger partial charge in [-0.1, -0.05) is 23.7 Å². The van der Waals surface area contributed by atoms with Gasteiger partial charge in [-0.05, 0) is 11.6 Å². The van der Waals surface area contributed by atoms with Gasteiger partial charge in [0.2, 0.25) is 15.9 Å². The molecule has 0 saturated carbocycles. The summed E-state index contributed by atoms with van der Waals surface area (Å²) < 4.78 is 36.2. The summed E-state index contributed by atoms with van der Waals surface area (Å²) in [6.07, 6.45) is 2.84. The Morgan fingerprint density at radius 2 is 1.81 bits per heavy atom. The smallest absolute Gasteiger partial charge is 0.319 e. The maximum absolute atomic E-state index is 12.4. The molecule has 0 aliphatic carbocycles. The molecule has 8 nitrogen and oxygen atoms in total. The Morgan fingerprint density at radius 1 is 1.07 bits per heavy atom. The van der Waals surface area contributed by atoms with Gasteiger partial charge in [0.25, 0.3) is 0 Å². The van der Waals surface area contributed by atoms with Gasteiger partial charge in [0, 0.05) is 31.9 Å². The van der Waals surface area contributed by atoms with Crippen LogP contribution in [0, 0.1) is 0 Å². The van der Waals surface area contributed by atoms with E-state index in [0.29, 0.717) is 22.3 Å². The summed E-state index contributed by atoms with van der Waals surface area (Å²) in [5, 5.41) is 0.648. The number of pyridine rings is 1. The summed E-state index contributed by atoms with van der Waals surface area (Å²) >= 11 is 6.35. The molecule has 1 aromatic carbocycles. The average molecular weight is 409 g/mol. The number of halogens is 1. The highest BCUT2D eigenvalue weighted by Gasteiger charge is 2.23. The van der Waals surface area contributed by atoms with Crippen molar-refractivity contribution in [1.29, 1.82) is 0 Å². The summed E-state index contributed by atoms with van der Waals surface area (Å²) in [6, 6.07) is 5.44. The molecule has 0 bridgehead atoms. The van der Waals surface area contributed by atoms with Crippen LogP contribution in [0.15, 0.2) is 35.5 Å². The molecule has 3 rings (SSSR count). The van der Waals surface area contributed by atoms with Crippen molar-refractivity contribution in [3.05, 3.63) is 35.6 Å². The minimum absolute atomic E-state index is 0.0419. The molecule has 142 valence electrons. The quantitative estimate of drug-likeness (QED) is 0.640. The monoisotopic (exact) mass is 408 g/mol. The third kappa shape index (κ3) is 3.41. The van der Waals surface area contributed by atoms with E-state index in [4.69, 9.17) is 21.1 Å². The molecule has 0 spiro atoms. The summed E-state index contributed by atoms with van der Waals surface area (Å²) in [5.41, 5.74) is 1.92. The zero-order valence-electron chi connectivity index (χ0n) is 15.1. The van der Waals surface area contributed by atoms with Gasteiger partial charge < -0.3 is 9.47 Å². The molecule has 0 atom stereocenters. The zero-order valence-corrected chi connectivity index (χ0v) is 16.7. The van der Waals surface area contributed by atoms with Crippen molar-refractivity contribution in [3.8, 4) is 23.0 Å². The van der Waals surface area contributed by atoms with Crippen LogP contribution in [0.5, 0.6) is 11.9 Å². The molecule has 0 fully saturated rings. The van der Waals surface area contributed by atoms with Gasteiger partial charge in [-0.2, -0.15) is 4.98 Å². The van der Waals surface area contributed by atoms with Crippen molar-refractivity contribution in [1.82, 2.24) is 19.3 Å². The lowest BCUT2D eigenvalue weighted by Gasteiger charge is -2.14. The minimum Gasteiger partial charge on any atom is -0.480 e. The number of hydrogen-bond donors (Lipinski definition) is 0. The summed E-state index contributed by atoms with van der Waals surface area (Å²) in [6.45, 7) is 0. The highest BCUT2D eigenvalue weighted by molar-refractivity contribution is 7.89. The minimum atomic E-state index is -3.69. The van der Waals surface area contributed by atoms with Crippen molar-refractivity contribution >= 4 is 32.5 Å². The average Bonchev–Trinajstić information content (AvgIpc) is 2.67. The third-order valence-corrected chi connectivity index (χ3v) is 6.29. The Kier molecular flexibility index (Phi) is 5.18. The first-order valence-corrected chi connectivity index (χ1v) is 9.57. The normalized spacial score (nSPS) is 11.8. The fourth-order valence-electron chi connectivity index (χ4n) is 2.49.